The summed E-state index contributed by atoms with van der Waals surface area (Å²) in [6.07, 6.45) is 8.42. The van der Waals surface area contributed by atoms with Crippen LogP contribution in [0.25, 0.3) is 21.5 Å². The molecular weight excluding hydrogens is 556 g/mol. The van der Waals surface area contributed by atoms with Crippen LogP contribution >= 0.6 is 0 Å². The molecule has 0 bridgehead atoms. The van der Waals surface area contributed by atoms with E-state index in [4.69, 9.17) is 0 Å². The number of hydrogen-bond acceptors (Lipinski definition) is 2. The molecule has 2 heteroatoms. The summed E-state index contributed by atoms with van der Waals surface area (Å²) < 4.78 is 0. The average Bonchev–Trinajstić information content (AvgIpc) is 3.11. The highest BCUT2D eigenvalue weighted by molar-refractivity contribution is 5.98. The van der Waals surface area contributed by atoms with Crippen LogP contribution in [0.5, 0.6) is 0 Å². The van der Waals surface area contributed by atoms with Gasteiger partial charge in [-0.15, -0.1) is 0 Å². The van der Waals surface area contributed by atoms with Gasteiger partial charge in [0, 0.05) is 33.5 Å². The van der Waals surface area contributed by atoms with Crippen molar-refractivity contribution >= 4 is 44.3 Å². The SMILES string of the molecule is C=C(/C=C\C(=C)N(c1ccccc1)c1cccc2ccccc12)/C(C)=C/C=C(\C)N(c1ccccc1)c1cccc2ccccc12. The summed E-state index contributed by atoms with van der Waals surface area (Å²) >= 11 is 0. The third-order valence-electron chi connectivity index (χ3n) is 8.24. The van der Waals surface area contributed by atoms with Gasteiger partial charge in [-0.3, -0.25) is 0 Å². The Balaban J connectivity index is 1.29. The van der Waals surface area contributed by atoms with Crippen molar-refractivity contribution in [3.8, 4) is 0 Å². The van der Waals surface area contributed by atoms with E-state index in [1.54, 1.807) is 0 Å². The number of hydrogen-bond donors (Lipinski definition) is 0. The summed E-state index contributed by atoms with van der Waals surface area (Å²) in [5, 5.41) is 4.79. The monoisotopic (exact) mass is 594 g/mol. The van der Waals surface area contributed by atoms with E-state index in [9.17, 15) is 0 Å². The molecule has 0 aliphatic carbocycles. The lowest BCUT2D eigenvalue weighted by Crippen LogP contribution is -2.14. The van der Waals surface area contributed by atoms with Crippen LogP contribution in [0.4, 0.5) is 22.7 Å². The van der Waals surface area contributed by atoms with Gasteiger partial charge in [0.25, 0.3) is 0 Å². The predicted octanol–water partition coefficient (Wildman–Crippen LogP) is 12.4. The fraction of sp³-hybridized carbons (Fsp3) is 0.0455. The first kappa shape index (κ1) is 30.2. The largest absolute Gasteiger partial charge is 0.314 e. The minimum atomic E-state index is 0.856. The van der Waals surface area contributed by atoms with Crippen molar-refractivity contribution in [2.45, 2.75) is 13.8 Å². The molecule has 6 rings (SSSR count). The molecule has 0 fully saturated rings. The van der Waals surface area contributed by atoms with E-state index in [-0.39, 0.29) is 0 Å². The maximum absolute atomic E-state index is 4.50. The smallest absolute Gasteiger partial charge is 0.0539 e. The summed E-state index contributed by atoms with van der Waals surface area (Å²) in [4.78, 5) is 4.52. The lowest BCUT2D eigenvalue weighted by Gasteiger charge is -2.27. The van der Waals surface area contributed by atoms with Gasteiger partial charge in [0.1, 0.15) is 0 Å². The van der Waals surface area contributed by atoms with Crippen LogP contribution in [-0.2, 0) is 0 Å². The van der Waals surface area contributed by atoms with Crippen LogP contribution in [-0.4, -0.2) is 0 Å². The van der Waals surface area contributed by atoms with E-state index in [1.165, 1.54) is 21.5 Å². The molecule has 2 nitrogen and oxygen atoms in total. The minimum Gasteiger partial charge on any atom is -0.314 e. The molecule has 0 aliphatic rings. The van der Waals surface area contributed by atoms with Gasteiger partial charge >= 0.3 is 0 Å². The highest BCUT2D eigenvalue weighted by Gasteiger charge is 2.15. The van der Waals surface area contributed by atoms with Crippen LogP contribution in [0.3, 0.4) is 0 Å². The Kier molecular flexibility index (Phi) is 9.08. The predicted molar refractivity (Wildman–Crippen MR) is 200 cm³/mol. The van der Waals surface area contributed by atoms with E-state index in [0.717, 1.165) is 45.3 Å². The molecule has 6 aromatic carbocycles. The van der Waals surface area contributed by atoms with Gasteiger partial charge in [-0.2, -0.15) is 0 Å². The number of rotatable bonds is 10. The Morgan fingerprint density at radius 3 is 1.50 bits per heavy atom. The molecule has 0 saturated heterocycles. The highest BCUT2D eigenvalue weighted by atomic mass is 15.2. The van der Waals surface area contributed by atoms with Crippen molar-refractivity contribution in [1.82, 2.24) is 0 Å². The van der Waals surface area contributed by atoms with Gasteiger partial charge in [0.05, 0.1) is 11.4 Å². The Morgan fingerprint density at radius 2 is 0.935 bits per heavy atom. The minimum absolute atomic E-state index is 0.856. The quantitative estimate of drug-likeness (QED) is 0.146. The van der Waals surface area contributed by atoms with Crippen LogP contribution in [0.1, 0.15) is 13.8 Å². The Hall–Kier alpha value is -5.86. The molecule has 0 spiro atoms. The number of benzene rings is 6. The third-order valence-corrected chi connectivity index (χ3v) is 8.24. The van der Waals surface area contributed by atoms with Crippen LogP contribution in [0.15, 0.2) is 206 Å². The second-order valence-electron chi connectivity index (χ2n) is 11.3. The highest BCUT2D eigenvalue weighted by Crippen LogP contribution is 2.37. The molecular formula is C44H38N2. The summed E-state index contributed by atoms with van der Waals surface area (Å²) in [5.74, 6) is 0. The van der Waals surface area contributed by atoms with E-state index in [0.29, 0.717) is 0 Å². The Morgan fingerprint density at radius 1 is 0.478 bits per heavy atom. The number of allylic oxidation sites excluding steroid dienone is 7. The maximum Gasteiger partial charge on any atom is 0.0539 e. The lowest BCUT2D eigenvalue weighted by molar-refractivity contribution is 1.16. The summed E-state index contributed by atoms with van der Waals surface area (Å²) in [6, 6.07) is 50.8. The summed E-state index contributed by atoms with van der Waals surface area (Å²) in [6.45, 7) is 13.2. The van der Waals surface area contributed by atoms with Crippen LogP contribution < -0.4 is 9.80 Å². The number of fused-ring (bicyclic) bond motifs is 2. The third kappa shape index (κ3) is 6.47. The van der Waals surface area contributed by atoms with Gasteiger partial charge in [0.2, 0.25) is 0 Å². The molecule has 0 amide bonds. The molecule has 0 radical (unpaired) electrons. The molecule has 6 aromatic rings. The van der Waals surface area contributed by atoms with Crippen molar-refractivity contribution in [1.29, 1.82) is 0 Å². The molecule has 0 aromatic heterocycles. The average molecular weight is 595 g/mol. The number of para-hydroxylation sites is 2. The van der Waals surface area contributed by atoms with Crippen molar-refractivity contribution in [3.63, 3.8) is 0 Å². The van der Waals surface area contributed by atoms with Gasteiger partial charge in [-0.05, 0) is 84.3 Å². The lowest BCUT2D eigenvalue weighted by atomic mass is 10.1. The molecule has 46 heavy (non-hydrogen) atoms. The van der Waals surface area contributed by atoms with Gasteiger partial charge in [0.15, 0.2) is 0 Å². The first-order chi connectivity index (χ1) is 22.5. The zero-order valence-corrected chi connectivity index (χ0v) is 26.5. The van der Waals surface area contributed by atoms with E-state index in [1.807, 2.05) is 6.07 Å². The fourth-order valence-corrected chi connectivity index (χ4v) is 5.78. The van der Waals surface area contributed by atoms with Crippen molar-refractivity contribution in [2.75, 3.05) is 9.80 Å². The van der Waals surface area contributed by atoms with Gasteiger partial charge < -0.3 is 9.80 Å². The zero-order chi connectivity index (χ0) is 31.9. The first-order valence-corrected chi connectivity index (χ1v) is 15.6. The topological polar surface area (TPSA) is 6.48 Å². The van der Waals surface area contributed by atoms with Crippen molar-refractivity contribution in [3.05, 3.63) is 206 Å². The van der Waals surface area contributed by atoms with Crippen LogP contribution in [0, 0.1) is 0 Å². The molecule has 0 N–H and O–H groups in total. The molecule has 0 unspecified atom stereocenters. The Bertz CT molecular complexity index is 2090. The molecule has 0 atom stereocenters. The molecule has 0 heterocycles. The van der Waals surface area contributed by atoms with Crippen LogP contribution in [0.2, 0.25) is 0 Å². The normalized spacial score (nSPS) is 12.0. The van der Waals surface area contributed by atoms with E-state index >= 15 is 0 Å². The Labute approximate surface area is 272 Å². The summed E-state index contributed by atoms with van der Waals surface area (Å²) in [5.41, 5.74) is 8.36. The first-order valence-electron chi connectivity index (χ1n) is 15.6. The van der Waals surface area contributed by atoms with Crippen molar-refractivity contribution in [2.24, 2.45) is 0 Å². The van der Waals surface area contributed by atoms with E-state index in [2.05, 4.69) is 201 Å². The maximum atomic E-state index is 4.50. The summed E-state index contributed by atoms with van der Waals surface area (Å²) in [7, 11) is 0. The second-order valence-corrected chi connectivity index (χ2v) is 11.3. The van der Waals surface area contributed by atoms with E-state index < -0.39 is 0 Å². The fourth-order valence-electron chi connectivity index (χ4n) is 5.78. The van der Waals surface area contributed by atoms with Crippen molar-refractivity contribution < 1.29 is 0 Å². The van der Waals surface area contributed by atoms with Gasteiger partial charge in [-0.25, -0.2) is 0 Å². The number of anilines is 4. The number of nitrogens with zero attached hydrogens (tertiary/aromatic N) is 2. The standard InChI is InChI=1S/C44H38N2/c1-33(29-31-35(3)45(39-21-7-5-8-22-39)43-27-15-19-37-17-11-13-25-41(37)43)34(2)30-32-36(4)46(40-23-9-6-10-24-40)44-28-16-20-38-18-12-14-26-42(38)44/h5-32H,1,3H2,2,4H3/b31-29-,34-30+,36-32+. The zero-order valence-electron chi connectivity index (χ0n) is 26.5. The van der Waals surface area contributed by atoms with Gasteiger partial charge in [-0.1, -0.05) is 135 Å². The molecule has 0 saturated carbocycles. The molecule has 224 valence electrons. The molecule has 0 aliphatic heterocycles. The second kappa shape index (κ2) is 13.8.